The third-order valence-corrected chi connectivity index (χ3v) is 5.91. The lowest BCUT2D eigenvalue weighted by atomic mass is 10.2. The second kappa shape index (κ2) is 11.9. The Balaban J connectivity index is 1.77. The summed E-state index contributed by atoms with van der Waals surface area (Å²) in [6.07, 6.45) is 1.37. The van der Waals surface area contributed by atoms with Gasteiger partial charge in [-0.2, -0.15) is 4.98 Å². The Kier molecular flexibility index (Phi) is 8.38. The van der Waals surface area contributed by atoms with Gasteiger partial charge >= 0.3 is 11.4 Å². The second-order valence-electron chi connectivity index (χ2n) is 8.30. The molecular formula is C25H20ClF3N6O5. The number of hydrogen-bond donors (Lipinski definition) is 3. The molecule has 0 aliphatic carbocycles. The fraction of sp³-hybridized carbons (Fsp3) is 0.160. The number of pyridine rings is 1. The van der Waals surface area contributed by atoms with E-state index in [2.05, 4.69) is 20.6 Å². The van der Waals surface area contributed by atoms with Crippen molar-refractivity contribution in [3.63, 3.8) is 0 Å². The lowest BCUT2D eigenvalue weighted by Crippen LogP contribution is -2.43. The van der Waals surface area contributed by atoms with Crippen molar-refractivity contribution in [3.8, 4) is 5.75 Å². The molecule has 3 N–H and O–H groups in total. The molecule has 0 aliphatic rings. The second-order valence-corrected chi connectivity index (χ2v) is 8.71. The summed E-state index contributed by atoms with van der Waals surface area (Å²) in [6.45, 7) is -1.27. The third kappa shape index (κ3) is 6.23. The number of amides is 1. The first-order chi connectivity index (χ1) is 19.1. The van der Waals surface area contributed by atoms with E-state index >= 15 is 0 Å². The third-order valence-electron chi connectivity index (χ3n) is 5.60. The molecule has 0 saturated heterocycles. The van der Waals surface area contributed by atoms with Crippen LogP contribution in [-0.2, 0) is 17.9 Å². The Morgan fingerprint density at radius 2 is 1.77 bits per heavy atom. The zero-order chi connectivity index (χ0) is 29.0. The van der Waals surface area contributed by atoms with Crippen LogP contribution in [0.1, 0.15) is 11.1 Å². The molecule has 40 heavy (non-hydrogen) atoms. The maximum absolute atomic E-state index is 13.9. The van der Waals surface area contributed by atoms with Crippen LogP contribution in [0.3, 0.4) is 0 Å². The fourth-order valence-electron chi connectivity index (χ4n) is 3.56. The van der Waals surface area contributed by atoms with Crippen molar-refractivity contribution in [1.82, 2.24) is 24.4 Å². The van der Waals surface area contributed by atoms with Gasteiger partial charge in [-0.05, 0) is 35.9 Å². The zero-order valence-electron chi connectivity index (χ0n) is 20.6. The van der Waals surface area contributed by atoms with Gasteiger partial charge in [-0.1, -0.05) is 17.7 Å². The summed E-state index contributed by atoms with van der Waals surface area (Å²) in [5.41, 5.74) is -2.50. The van der Waals surface area contributed by atoms with Crippen LogP contribution in [0.5, 0.6) is 5.75 Å². The summed E-state index contributed by atoms with van der Waals surface area (Å²) in [7, 11) is 1.44. The van der Waals surface area contributed by atoms with Gasteiger partial charge in [0, 0.05) is 24.9 Å². The van der Waals surface area contributed by atoms with Gasteiger partial charge in [0.2, 0.25) is 5.95 Å². The van der Waals surface area contributed by atoms with Crippen molar-refractivity contribution in [1.29, 1.82) is 0 Å². The number of carbonyl (C=O) groups is 1. The summed E-state index contributed by atoms with van der Waals surface area (Å²) < 4.78 is 48.2. The van der Waals surface area contributed by atoms with E-state index in [-0.39, 0.29) is 46.0 Å². The van der Waals surface area contributed by atoms with Gasteiger partial charge < -0.3 is 20.4 Å². The summed E-state index contributed by atoms with van der Waals surface area (Å²) in [6, 6.07) is 8.52. The van der Waals surface area contributed by atoms with E-state index in [9.17, 15) is 32.3 Å². The van der Waals surface area contributed by atoms with Crippen molar-refractivity contribution in [3.05, 3.63) is 114 Å². The average molecular weight is 577 g/mol. The lowest BCUT2D eigenvalue weighted by molar-refractivity contribution is -0.122. The molecular weight excluding hydrogens is 557 g/mol. The van der Waals surface area contributed by atoms with Crippen molar-refractivity contribution in [2.24, 2.45) is 0 Å². The highest BCUT2D eigenvalue weighted by molar-refractivity contribution is 6.33. The first-order valence-corrected chi connectivity index (χ1v) is 11.9. The molecule has 0 aliphatic heterocycles. The minimum Gasteiger partial charge on any atom is -0.484 e. The van der Waals surface area contributed by atoms with Gasteiger partial charge in [-0.3, -0.25) is 14.2 Å². The van der Waals surface area contributed by atoms with Gasteiger partial charge in [-0.15, -0.1) is 0 Å². The molecule has 4 rings (SSSR count). The van der Waals surface area contributed by atoms with Crippen LogP contribution in [-0.4, -0.2) is 38.7 Å². The minimum atomic E-state index is -1.69. The van der Waals surface area contributed by atoms with Crippen LogP contribution < -0.4 is 32.3 Å². The molecule has 2 heterocycles. The van der Waals surface area contributed by atoms with E-state index in [1.54, 1.807) is 0 Å². The number of H-pyrrole nitrogens is 1. The molecule has 0 spiro atoms. The number of aromatic amines is 1. The first-order valence-electron chi connectivity index (χ1n) is 11.5. The number of anilines is 2. The Morgan fingerprint density at radius 1 is 1.05 bits per heavy atom. The Labute approximate surface area is 227 Å². The highest BCUT2D eigenvalue weighted by atomic mass is 35.5. The van der Waals surface area contributed by atoms with E-state index in [0.29, 0.717) is 16.7 Å². The van der Waals surface area contributed by atoms with Gasteiger partial charge in [-0.25, -0.2) is 27.3 Å². The quantitative estimate of drug-likeness (QED) is 0.259. The predicted octanol–water partition coefficient (Wildman–Crippen LogP) is 2.13. The SMILES string of the molecule is CNC(=O)COc1ccc(Nc2nc(=O)n(Cc3ccc[nH]c3=O)c(=O)n2Cc2cc(F)c(F)c(F)c2)c(Cl)c1. The molecule has 0 unspecified atom stereocenters. The van der Waals surface area contributed by atoms with E-state index in [1.165, 1.54) is 43.6 Å². The number of ether oxygens (including phenoxy) is 1. The first kappa shape index (κ1) is 28.2. The molecule has 1 amide bonds. The number of hydrogen-bond acceptors (Lipinski definition) is 7. The summed E-state index contributed by atoms with van der Waals surface area (Å²) in [5, 5.41) is 5.18. The zero-order valence-corrected chi connectivity index (χ0v) is 21.4. The predicted molar refractivity (Wildman–Crippen MR) is 139 cm³/mol. The highest BCUT2D eigenvalue weighted by Crippen LogP contribution is 2.29. The van der Waals surface area contributed by atoms with Crippen molar-refractivity contribution < 1.29 is 22.7 Å². The maximum Gasteiger partial charge on any atom is 0.355 e. The van der Waals surface area contributed by atoms with E-state index in [4.69, 9.17) is 16.3 Å². The van der Waals surface area contributed by atoms with Crippen LogP contribution in [0.4, 0.5) is 24.8 Å². The average Bonchev–Trinajstić information content (AvgIpc) is 2.92. The van der Waals surface area contributed by atoms with Gasteiger partial charge in [0.1, 0.15) is 5.75 Å². The number of nitrogens with zero attached hydrogens (tertiary/aromatic N) is 3. The summed E-state index contributed by atoms with van der Waals surface area (Å²) in [5.74, 6) is -5.15. The summed E-state index contributed by atoms with van der Waals surface area (Å²) >= 11 is 6.32. The van der Waals surface area contributed by atoms with E-state index in [0.717, 1.165) is 4.57 Å². The number of likely N-dealkylation sites (N-methyl/N-ethyl adjacent to an activating group) is 1. The van der Waals surface area contributed by atoms with Crippen LogP contribution in [0.15, 0.2) is 63.0 Å². The largest absolute Gasteiger partial charge is 0.484 e. The van der Waals surface area contributed by atoms with Gasteiger partial charge in [0.15, 0.2) is 24.1 Å². The smallest absolute Gasteiger partial charge is 0.355 e. The molecule has 0 fully saturated rings. The highest BCUT2D eigenvalue weighted by Gasteiger charge is 2.18. The van der Waals surface area contributed by atoms with Crippen LogP contribution in [0, 0.1) is 17.5 Å². The number of rotatable bonds is 9. The number of carbonyl (C=O) groups excluding carboxylic acids is 1. The Bertz CT molecular complexity index is 1750. The lowest BCUT2D eigenvalue weighted by Gasteiger charge is -2.17. The van der Waals surface area contributed by atoms with Gasteiger partial charge in [0.25, 0.3) is 11.5 Å². The van der Waals surface area contributed by atoms with Crippen LogP contribution in [0.2, 0.25) is 5.02 Å². The standard InChI is InChI=1S/C25H20ClF3N6O5/c1-30-20(36)12-40-15-4-5-19(16(26)9-15)32-23-33-24(38)35(11-14-3-2-6-31-22(14)37)25(39)34(23)10-13-7-17(27)21(29)18(28)8-13/h2-9H,10-12H2,1H3,(H,30,36)(H,31,37)(H,32,33,38). The van der Waals surface area contributed by atoms with E-state index in [1.807, 2.05) is 0 Å². The van der Waals surface area contributed by atoms with Crippen molar-refractivity contribution >= 4 is 29.1 Å². The molecule has 0 radical (unpaired) electrons. The Morgan fingerprint density at radius 3 is 2.42 bits per heavy atom. The normalized spacial score (nSPS) is 10.8. The number of aromatic nitrogens is 4. The molecule has 2 aromatic heterocycles. The van der Waals surface area contributed by atoms with Crippen LogP contribution >= 0.6 is 11.6 Å². The van der Waals surface area contributed by atoms with Crippen molar-refractivity contribution in [2.75, 3.05) is 19.0 Å². The molecule has 4 aromatic rings. The topological polar surface area (TPSA) is 140 Å². The fourth-order valence-corrected chi connectivity index (χ4v) is 3.78. The summed E-state index contributed by atoms with van der Waals surface area (Å²) in [4.78, 5) is 56.2. The Hall–Kier alpha value is -4.85. The van der Waals surface area contributed by atoms with Crippen LogP contribution in [0.25, 0.3) is 0 Å². The van der Waals surface area contributed by atoms with Gasteiger partial charge in [0.05, 0.1) is 23.8 Å². The molecule has 0 atom stereocenters. The molecule has 2 aromatic carbocycles. The minimum absolute atomic E-state index is 0.0501. The van der Waals surface area contributed by atoms with Crippen molar-refractivity contribution in [2.45, 2.75) is 13.1 Å². The monoisotopic (exact) mass is 576 g/mol. The molecule has 11 nitrogen and oxygen atoms in total. The molecule has 0 saturated carbocycles. The molecule has 208 valence electrons. The maximum atomic E-state index is 13.9. The van der Waals surface area contributed by atoms with E-state index < -0.39 is 47.5 Å². The number of halogens is 4. The molecule has 15 heteroatoms. The molecule has 0 bridgehead atoms. The number of benzene rings is 2. The number of nitrogens with one attached hydrogen (secondary N) is 3.